The maximum Gasteiger partial charge on any atom is 0.264 e. The lowest BCUT2D eigenvalue weighted by atomic mass is 10.3. The fraction of sp³-hybridized carbons (Fsp3) is 0.286. The van der Waals surface area contributed by atoms with E-state index < -0.39 is 10.0 Å². The van der Waals surface area contributed by atoms with E-state index >= 15 is 0 Å². The summed E-state index contributed by atoms with van der Waals surface area (Å²) < 4.78 is 32.3. The average molecular weight is 322 g/mol. The van der Waals surface area contributed by atoms with Gasteiger partial charge in [-0.05, 0) is 25.1 Å². The quantitative estimate of drug-likeness (QED) is 0.901. The Morgan fingerprint density at radius 3 is 2.55 bits per heavy atom. The van der Waals surface area contributed by atoms with Gasteiger partial charge in [0, 0.05) is 31.5 Å². The number of anilines is 2. The van der Waals surface area contributed by atoms with E-state index in [-0.39, 0.29) is 10.8 Å². The Kier molecular flexibility index (Phi) is 4.51. The number of sulfonamides is 1. The van der Waals surface area contributed by atoms with Crippen LogP contribution in [0.25, 0.3) is 0 Å². The van der Waals surface area contributed by atoms with Crippen molar-refractivity contribution < 1.29 is 13.2 Å². The molecule has 0 bridgehead atoms. The molecule has 2 rings (SSSR count). The largest absolute Gasteiger partial charge is 0.481 e. The highest BCUT2D eigenvalue weighted by atomic mass is 32.2. The molecule has 0 atom stereocenters. The average Bonchev–Trinajstić information content (AvgIpc) is 2.46. The van der Waals surface area contributed by atoms with E-state index in [1.54, 1.807) is 25.1 Å². The van der Waals surface area contributed by atoms with Crippen LogP contribution in [0, 0.1) is 6.92 Å². The van der Waals surface area contributed by atoms with Crippen LogP contribution in [0.1, 0.15) is 5.69 Å². The van der Waals surface area contributed by atoms with Gasteiger partial charge in [-0.1, -0.05) is 6.07 Å². The van der Waals surface area contributed by atoms with Crippen molar-refractivity contribution in [1.82, 2.24) is 9.97 Å². The van der Waals surface area contributed by atoms with Gasteiger partial charge in [0.15, 0.2) is 0 Å². The van der Waals surface area contributed by atoms with E-state index in [0.29, 0.717) is 11.6 Å². The van der Waals surface area contributed by atoms with Gasteiger partial charge in [-0.25, -0.2) is 18.1 Å². The second-order valence-electron chi connectivity index (χ2n) is 4.87. The van der Waals surface area contributed by atoms with E-state index in [2.05, 4.69) is 14.7 Å². The van der Waals surface area contributed by atoms with Gasteiger partial charge < -0.3 is 9.64 Å². The van der Waals surface area contributed by atoms with Crippen LogP contribution in [0.5, 0.6) is 5.88 Å². The van der Waals surface area contributed by atoms with Crippen molar-refractivity contribution in [2.45, 2.75) is 11.8 Å². The number of aryl methyl sites for hydroxylation is 1. The van der Waals surface area contributed by atoms with Crippen molar-refractivity contribution >= 4 is 21.7 Å². The van der Waals surface area contributed by atoms with Crippen LogP contribution in [0.3, 0.4) is 0 Å². The zero-order valence-electron chi connectivity index (χ0n) is 12.9. The predicted molar refractivity (Wildman–Crippen MR) is 84.9 cm³/mol. The minimum Gasteiger partial charge on any atom is -0.481 e. The Labute approximate surface area is 130 Å². The normalized spacial score (nSPS) is 11.1. The molecule has 0 aliphatic heterocycles. The van der Waals surface area contributed by atoms with Gasteiger partial charge in [-0.3, -0.25) is 0 Å². The molecule has 7 nitrogen and oxygen atoms in total. The molecule has 8 heteroatoms. The zero-order chi connectivity index (χ0) is 16.3. The Balaban J connectivity index is 2.35. The lowest BCUT2D eigenvalue weighted by molar-refractivity contribution is 0.397. The van der Waals surface area contributed by atoms with Crippen molar-refractivity contribution in [3.05, 3.63) is 36.0 Å². The summed E-state index contributed by atoms with van der Waals surface area (Å²) >= 11 is 0. The fourth-order valence-corrected chi connectivity index (χ4v) is 2.78. The maximum atomic E-state index is 12.4. The summed E-state index contributed by atoms with van der Waals surface area (Å²) in [5, 5.41) is 0. The summed E-state index contributed by atoms with van der Waals surface area (Å²) in [5.41, 5.74) is 1.39. The molecule has 22 heavy (non-hydrogen) atoms. The molecule has 1 N–H and O–H groups in total. The van der Waals surface area contributed by atoms with Crippen molar-refractivity contribution in [2.75, 3.05) is 30.8 Å². The van der Waals surface area contributed by atoms with E-state index in [0.717, 1.165) is 5.69 Å². The van der Waals surface area contributed by atoms with Crippen LogP contribution in [0.15, 0.2) is 35.2 Å². The number of nitrogens with one attached hydrogen (secondary N) is 1. The number of benzene rings is 1. The van der Waals surface area contributed by atoms with E-state index in [9.17, 15) is 8.42 Å². The smallest absolute Gasteiger partial charge is 0.264 e. The molecule has 0 fully saturated rings. The van der Waals surface area contributed by atoms with E-state index in [1.807, 2.05) is 25.1 Å². The molecule has 0 saturated heterocycles. The molecule has 2 aromatic rings. The summed E-state index contributed by atoms with van der Waals surface area (Å²) in [6.07, 6.45) is 0. The molecule has 0 radical (unpaired) electrons. The second-order valence-corrected chi connectivity index (χ2v) is 6.55. The highest BCUT2D eigenvalue weighted by Crippen LogP contribution is 2.20. The Morgan fingerprint density at radius 2 is 1.91 bits per heavy atom. The predicted octanol–water partition coefficient (Wildman–Crippen LogP) is 1.66. The summed E-state index contributed by atoms with van der Waals surface area (Å²) in [7, 11) is 1.37. The second kappa shape index (κ2) is 6.18. The number of ether oxygens (including phenoxy) is 1. The molecule has 1 aromatic heterocycles. The summed E-state index contributed by atoms with van der Waals surface area (Å²) in [6, 6.07) is 8.22. The van der Waals surface area contributed by atoms with E-state index in [4.69, 9.17) is 4.74 Å². The van der Waals surface area contributed by atoms with Crippen LogP contribution in [-0.4, -0.2) is 39.6 Å². The van der Waals surface area contributed by atoms with Crippen LogP contribution < -0.4 is 14.4 Å². The van der Waals surface area contributed by atoms with Gasteiger partial charge >= 0.3 is 0 Å². The standard InChI is InChI=1S/C14H18N4O3S/c1-10-8-13(21-4)16-14(15-10)17-22(19,20)12-7-5-6-11(9-12)18(2)3/h5-9H,1-4H3,(H,15,16,17). The molecule has 1 aromatic carbocycles. The van der Waals surface area contributed by atoms with Crippen molar-refractivity contribution in [3.63, 3.8) is 0 Å². The van der Waals surface area contributed by atoms with Crippen LogP contribution in [-0.2, 0) is 10.0 Å². The third-order valence-electron chi connectivity index (χ3n) is 2.91. The number of hydrogen-bond donors (Lipinski definition) is 1. The van der Waals surface area contributed by atoms with Crippen molar-refractivity contribution in [1.29, 1.82) is 0 Å². The van der Waals surface area contributed by atoms with Gasteiger partial charge in [-0.15, -0.1) is 0 Å². The molecule has 1 heterocycles. The van der Waals surface area contributed by atoms with Crippen molar-refractivity contribution in [3.8, 4) is 5.88 Å². The number of rotatable bonds is 5. The SMILES string of the molecule is COc1cc(C)nc(NS(=O)(=O)c2cccc(N(C)C)c2)n1. The minimum absolute atomic E-state index is 0.0212. The molecule has 0 aliphatic carbocycles. The van der Waals surface area contributed by atoms with E-state index in [1.165, 1.54) is 13.2 Å². The first-order chi connectivity index (χ1) is 10.3. The topological polar surface area (TPSA) is 84.4 Å². The highest BCUT2D eigenvalue weighted by molar-refractivity contribution is 7.92. The fourth-order valence-electron chi connectivity index (χ4n) is 1.80. The molecule has 0 unspecified atom stereocenters. The molecule has 0 aliphatic rings. The number of nitrogens with zero attached hydrogens (tertiary/aromatic N) is 3. The first-order valence-corrected chi connectivity index (χ1v) is 8.00. The first kappa shape index (κ1) is 16.0. The number of hydrogen-bond acceptors (Lipinski definition) is 6. The molecular formula is C14H18N4O3S. The third-order valence-corrected chi connectivity index (χ3v) is 4.24. The van der Waals surface area contributed by atoms with Crippen LogP contribution >= 0.6 is 0 Å². The lowest BCUT2D eigenvalue weighted by Crippen LogP contribution is -2.16. The number of aromatic nitrogens is 2. The Morgan fingerprint density at radius 1 is 1.18 bits per heavy atom. The Hall–Kier alpha value is -2.35. The summed E-state index contributed by atoms with van der Waals surface area (Å²) in [4.78, 5) is 10.0. The third kappa shape index (κ3) is 3.64. The highest BCUT2D eigenvalue weighted by Gasteiger charge is 2.17. The lowest BCUT2D eigenvalue weighted by Gasteiger charge is -2.14. The summed E-state index contributed by atoms with van der Waals surface area (Å²) in [6.45, 7) is 1.73. The molecule has 118 valence electrons. The number of methoxy groups -OCH3 is 1. The van der Waals surface area contributed by atoms with Crippen LogP contribution in [0.4, 0.5) is 11.6 Å². The molecule has 0 spiro atoms. The molecular weight excluding hydrogens is 304 g/mol. The van der Waals surface area contributed by atoms with Gasteiger partial charge in [0.2, 0.25) is 11.8 Å². The monoisotopic (exact) mass is 322 g/mol. The van der Waals surface area contributed by atoms with Gasteiger partial charge in [0.05, 0.1) is 12.0 Å². The Bertz CT molecular complexity index is 775. The first-order valence-electron chi connectivity index (χ1n) is 6.52. The van der Waals surface area contributed by atoms with Gasteiger partial charge in [0.1, 0.15) is 0 Å². The van der Waals surface area contributed by atoms with Crippen molar-refractivity contribution in [2.24, 2.45) is 0 Å². The molecule has 0 amide bonds. The minimum atomic E-state index is -3.77. The van der Waals surface area contributed by atoms with Gasteiger partial charge in [-0.2, -0.15) is 4.98 Å². The zero-order valence-corrected chi connectivity index (χ0v) is 13.7. The maximum absolute atomic E-state index is 12.4. The van der Waals surface area contributed by atoms with Crippen LogP contribution in [0.2, 0.25) is 0 Å². The molecule has 0 saturated carbocycles. The van der Waals surface area contributed by atoms with Gasteiger partial charge in [0.25, 0.3) is 10.0 Å². The summed E-state index contributed by atoms with van der Waals surface area (Å²) in [5.74, 6) is 0.277.